The van der Waals surface area contributed by atoms with Crippen LogP contribution in [0.1, 0.15) is 0 Å². The first kappa shape index (κ1) is 10.8. The zero-order valence-electron chi connectivity index (χ0n) is 6.61. The summed E-state index contributed by atoms with van der Waals surface area (Å²) < 4.78 is 4.32. The van der Waals surface area contributed by atoms with E-state index in [1.807, 2.05) is 0 Å². The van der Waals surface area contributed by atoms with Crippen LogP contribution in [-0.2, 0) is 4.74 Å². The maximum Gasteiger partial charge on any atom is 0.308 e. The molecular weight excluding hydrogens is 184 g/mol. The minimum Gasteiger partial charge on any atom is -0.394 e. The van der Waals surface area contributed by atoms with Crippen LogP contribution in [0, 0.1) is 0 Å². The highest BCUT2D eigenvalue weighted by Crippen LogP contribution is 2.25. The number of hydrogen-bond donors (Lipinski definition) is 6. The van der Waals surface area contributed by atoms with Crippen molar-refractivity contribution in [2.45, 2.75) is 30.4 Å². The summed E-state index contributed by atoms with van der Waals surface area (Å²) in [6.45, 7) is -0.701. The Morgan fingerprint density at radius 3 is 2.08 bits per heavy atom. The van der Waals surface area contributed by atoms with Gasteiger partial charge in [-0.1, -0.05) is 0 Å². The maximum absolute atomic E-state index is 9.12. The van der Waals surface area contributed by atoms with Crippen molar-refractivity contribution in [1.29, 1.82) is 0 Å². The Bertz CT molecular complexity index is 180. The number of aliphatic hydroxyl groups is 6. The molecule has 13 heavy (non-hydrogen) atoms. The molecule has 0 radical (unpaired) electrons. The van der Waals surface area contributed by atoms with Gasteiger partial charge in [-0.05, 0) is 0 Å². The Morgan fingerprint density at radius 1 is 1.08 bits per heavy atom. The average Bonchev–Trinajstić information content (AvgIpc) is 2.08. The SMILES string of the molecule is OC[C@H]1OC(O)(O)[C@@H](O)[C@@H](O)[C@@H]1O. The third kappa shape index (κ3) is 1.81. The molecule has 0 bridgehead atoms. The third-order valence-corrected chi connectivity index (χ3v) is 1.94. The normalized spacial score (nSPS) is 44.8. The second kappa shape index (κ2) is 3.46. The monoisotopic (exact) mass is 196 g/mol. The highest BCUT2D eigenvalue weighted by Gasteiger charge is 2.51. The predicted molar refractivity (Wildman–Crippen MR) is 37.1 cm³/mol. The maximum atomic E-state index is 9.12. The van der Waals surface area contributed by atoms with Crippen LogP contribution in [0.2, 0.25) is 0 Å². The van der Waals surface area contributed by atoms with Crippen molar-refractivity contribution in [3.8, 4) is 0 Å². The van der Waals surface area contributed by atoms with Crippen molar-refractivity contribution >= 4 is 0 Å². The van der Waals surface area contributed by atoms with Crippen LogP contribution < -0.4 is 0 Å². The summed E-state index contributed by atoms with van der Waals surface area (Å²) in [6.07, 6.45) is -6.72. The molecule has 0 spiro atoms. The van der Waals surface area contributed by atoms with Gasteiger partial charge in [-0.2, -0.15) is 0 Å². The van der Waals surface area contributed by atoms with Gasteiger partial charge in [-0.3, -0.25) is 0 Å². The zero-order valence-corrected chi connectivity index (χ0v) is 6.61. The molecule has 6 N–H and O–H groups in total. The Morgan fingerprint density at radius 2 is 1.62 bits per heavy atom. The van der Waals surface area contributed by atoms with E-state index in [1.54, 1.807) is 0 Å². The van der Waals surface area contributed by atoms with Gasteiger partial charge in [-0.15, -0.1) is 0 Å². The fourth-order valence-corrected chi connectivity index (χ4v) is 1.14. The number of aliphatic hydroxyl groups excluding tert-OH is 4. The molecule has 0 aromatic heterocycles. The molecule has 0 unspecified atom stereocenters. The first-order valence-corrected chi connectivity index (χ1v) is 3.67. The van der Waals surface area contributed by atoms with Crippen molar-refractivity contribution in [3.63, 3.8) is 0 Å². The molecule has 0 amide bonds. The lowest BCUT2D eigenvalue weighted by molar-refractivity contribution is -0.435. The Kier molecular flexibility index (Phi) is 2.88. The van der Waals surface area contributed by atoms with Crippen LogP contribution in [0.3, 0.4) is 0 Å². The largest absolute Gasteiger partial charge is 0.394 e. The highest BCUT2D eigenvalue weighted by molar-refractivity contribution is 4.90. The van der Waals surface area contributed by atoms with Gasteiger partial charge in [-0.25, -0.2) is 0 Å². The van der Waals surface area contributed by atoms with Gasteiger partial charge in [0, 0.05) is 0 Å². The molecule has 1 aliphatic rings. The molecule has 7 heteroatoms. The van der Waals surface area contributed by atoms with Gasteiger partial charge in [0.2, 0.25) is 0 Å². The van der Waals surface area contributed by atoms with E-state index >= 15 is 0 Å². The standard InChI is InChI=1S/C6H12O7/c7-1-2-3(8)4(9)5(10)6(11,12)13-2/h2-5,7-12H,1H2/t2-,3-,4+,5+/m1/s1. The summed E-state index contributed by atoms with van der Waals surface area (Å²) in [5.74, 6) is -2.95. The van der Waals surface area contributed by atoms with Crippen LogP contribution in [-0.4, -0.2) is 67.6 Å². The van der Waals surface area contributed by atoms with Gasteiger partial charge in [0.1, 0.15) is 18.3 Å². The quantitative estimate of drug-likeness (QED) is 0.236. The van der Waals surface area contributed by atoms with Crippen LogP contribution in [0.4, 0.5) is 0 Å². The number of hydrogen-bond acceptors (Lipinski definition) is 7. The average molecular weight is 196 g/mol. The van der Waals surface area contributed by atoms with Gasteiger partial charge in [0.05, 0.1) is 6.61 Å². The van der Waals surface area contributed by atoms with Crippen molar-refractivity contribution in [2.75, 3.05) is 6.61 Å². The Labute approximate surface area is 73.4 Å². The summed E-state index contributed by atoms with van der Waals surface area (Å²) in [5, 5.41) is 53.6. The molecule has 0 saturated carbocycles. The van der Waals surface area contributed by atoms with Crippen molar-refractivity contribution in [1.82, 2.24) is 0 Å². The summed E-state index contributed by atoms with van der Waals surface area (Å²) in [4.78, 5) is 0. The topological polar surface area (TPSA) is 131 Å². The fraction of sp³-hybridized carbons (Fsp3) is 1.00. The van der Waals surface area contributed by atoms with Gasteiger partial charge < -0.3 is 35.4 Å². The molecule has 7 nitrogen and oxygen atoms in total. The van der Waals surface area contributed by atoms with E-state index in [2.05, 4.69) is 4.74 Å². The number of ether oxygens (including phenoxy) is 1. The molecule has 1 fully saturated rings. The van der Waals surface area contributed by atoms with Crippen LogP contribution >= 0.6 is 0 Å². The van der Waals surface area contributed by atoms with Crippen molar-refractivity contribution in [2.24, 2.45) is 0 Å². The molecule has 0 aromatic carbocycles. The molecule has 0 aromatic rings. The van der Waals surface area contributed by atoms with Crippen LogP contribution in [0.25, 0.3) is 0 Å². The lowest BCUT2D eigenvalue weighted by atomic mass is 9.98. The molecule has 1 aliphatic heterocycles. The first-order chi connectivity index (χ1) is 5.90. The molecule has 1 heterocycles. The van der Waals surface area contributed by atoms with Gasteiger partial charge in [0.15, 0.2) is 6.10 Å². The first-order valence-electron chi connectivity index (χ1n) is 3.67. The van der Waals surface area contributed by atoms with E-state index < -0.39 is 37.0 Å². The van der Waals surface area contributed by atoms with E-state index in [9.17, 15) is 0 Å². The Hall–Kier alpha value is -0.280. The highest BCUT2D eigenvalue weighted by atomic mass is 16.8. The minimum atomic E-state index is -2.95. The molecule has 78 valence electrons. The molecule has 0 aliphatic carbocycles. The van der Waals surface area contributed by atoms with E-state index in [0.29, 0.717) is 0 Å². The minimum absolute atomic E-state index is 0.701. The molecule has 4 atom stereocenters. The lowest BCUT2D eigenvalue weighted by Gasteiger charge is -2.41. The fourth-order valence-electron chi connectivity index (χ4n) is 1.14. The van der Waals surface area contributed by atoms with Crippen molar-refractivity contribution < 1.29 is 35.4 Å². The third-order valence-electron chi connectivity index (χ3n) is 1.94. The molecule has 1 saturated heterocycles. The van der Waals surface area contributed by atoms with Crippen LogP contribution in [0.5, 0.6) is 0 Å². The van der Waals surface area contributed by atoms with E-state index in [4.69, 9.17) is 30.6 Å². The predicted octanol–water partition coefficient (Wildman–Crippen LogP) is -3.90. The van der Waals surface area contributed by atoms with E-state index in [1.165, 1.54) is 0 Å². The van der Waals surface area contributed by atoms with Crippen LogP contribution in [0.15, 0.2) is 0 Å². The lowest BCUT2D eigenvalue weighted by Crippen LogP contribution is -2.65. The van der Waals surface area contributed by atoms with Gasteiger partial charge >= 0.3 is 5.97 Å². The summed E-state index contributed by atoms with van der Waals surface area (Å²) in [5.41, 5.74) is 0. The van der Waals surface area contributed by atoms with E-state index in [0.717, 1.165) is 0 Å². The van der Waals surface area contributed by atoms with Gasteiger partial charge in [0.25, 0.3) is 0 Å². The van der Waals surface area contributed by atoms with Crippen molar-refractivity contribution in [3.05, 3.63) is 0 Å². The number of rotatable bonds is 1. The molecule has 1 rings (SSSR count). The summed E-state index contributed by atoms with van der Waals surface area (Å²) in [7, 11) is 0. The summed E-state index contributed by atoms with van der Waals surface area (Å²) in [6, 6.07) is 0. The van der Waals surface area contributed by atoms with E-state index in [-0.39, 0.29) is 0 Å². The zero-order chi connectivity index (χ0) is 10.2. The summed E-state index contributed by atoms with van der Waals surface area (Å²) >= 11 is 0. The molecular formula is C6H12O7. The Balaban J connectivity index is 2.79. The second-order valence-electron chi connectivity index (χ2n) is 2.92. The second-order valence-corrected chi connectivity index (χ2v) is 2.92. The smallest absolute Gasteiger partial charge is 0.308 e.